The minimum absolute atomic E-state index is 0.221. The molecule has 0 radical (unpaired) electrons. The van der Waals surface area contributed by atoms with Crippen molar-refractivity contribution in [1.29, 1.82) is 0 Å². The predicted molar refractivity (Wildman–Crippen MR) is 57.8 cm³/mol. The highest BCUT2D eigenvalue weighted by Crippen LogP contribution is 2.30. The summed E-state index contributed by atoms with van der Waals surface area (Å²) in [6, 6.07) is 1.77. The molecular weight excluding hydrogens is 198 g/mol. The Balaban J connectivity index is 2.51. The van der Waals surface area contributed by atoms with Crippen molar-refractivity contribution in [3.8, 4) is 0 Å². The summed E-state index contributed by atoms with van der Waals surface area (Å²) in [6.45, 7) is 0. The summed E-state index contributed by atoms with van der Waals surface area (Å²) in [5, 5.41) is 0. The van der Waals surface area contributed by atoms with E-state index in [9.17, 15) is 4.79 Å². The maximum atomic E-state index is 11.1. The van der Waals surface area contributed by atoms with Gasteiger partial charge in [0.15, 0.2) is 4.77 Å². The SMILES string of the molecule is Nc1cc(=O)[nH]c(=S)n1C1CCCC1. The van der Waals surface area contributed by atoms with Crippen LogP contribution in [0.4, 0.5) is 5.82 Å². The van der Waals surface area contributed by atoms with Gasteiger partial charge in [-0.2, -0.15) is 0 Å². The zero-order valence-corrected chi connectivity index (χ0v) is 8.64. The van der Waals surface area contributed by atoms with E-state index in [1.165, 1.54) is 18.9 Å². The van der Waals surface area contributed by atoms with Crippen molar-refractivity contribution in [2.24, 2.45) is 0 Å². The molecule has 0 unspecified atom stereocenters. The zero-order valence-electron chi connectivity index (χ0n) is 7.82. The topological polar surface area (TPSA) is 63.8 Å². The third-order valence-electron chi connectivity index (χ3n) is 2.70. The van der Waals surface area contributed by atoms with E-state index in [4.69, 9.17) is 18.0 Å². The van der Waals surface area contributed by atoms with E-state index < -0.39 is 0 Å². The Kier molecular flexibility index (Phi) is 2.41. The van der Waals surface area contributed by atoms with Crippen molar-refractivity contribution >= 4 is 18.0 Å². The number of nitrogens with two attached hydrogens (primary N) is 1. The summed E-state index contributed by atoms with van der Waals surface area (Å²) in [5.74, 6) is 0.477. The maximum absolute atomic E-state index is 11.1. The molecule has 1 heterocycles. The van der Waals surface area contributed by atoms with Gasteiger partial charge in [0.1, 0.15) is 5.82 Å². The maximum Gasteiger partial charge on any atom is 0.253 e. The van der Waals surface area contributed by atoms with Crippen LogP contribution < -0.4 is 11.3 Å². The molecule has 3 N–H and O–H groups in total. The molecule has 1 saturated carbocycles. The smallest absolute Gasteiger partial charge is 0.253 e. The molecule has 5 heteroatoms. The fourth-order valence-corrected chi connectivity index (χ4v) is 2.42. The van der Waals surface area contributed by atoms with E-state index in [2.05, 4.69) is 4.98 Å². The fraction of sp³-hybridized carbons (Fsp3) is 0.556. The first kappa shape index (κ1) is 9.45. The number of rotatable bonds is 1. The summed E-state index contributed by atoms with van der Waals surface area (Å²) in [7, 11) is 0. The van der Waals surface area contributed by atoms with E-state index in [-0.39, 0.29) is 5.56 Å². The molecule has 14 heavy (non-hydrogen) atoms. The number of nitrogen functional groups attached to an aromatic ring is 1. The molecule has 1 aromatic rings. The molecule has 0 spiro atoms. The zero-order chi connectivity index (χ0) is 10.1. The summed E-state index contributed by atoms with van der Waals surface area (Å²) in [4.78, 5) is 13.7. The molecule has 0 saturated heterocycles. The summed E-state index contributed by atoms with van der Waals surface area (Å²) < 4.78 is 2.31. The third-order valence-corrected chi connectivity index (χ3v) is 2.99. The Morgan fingerprint density at radius 2 is 2.14 bits per heavy atom. The quantitative estimate of drug-likeness (QED) is 0.693. The van der Waals surface area contributed by atoms with Gasteiger partial charge in [-0.25, -0.2) is 0 Å². The van der Waals surface area contributed by atoms with Gasteiger partial charge in [0.25, 0.3) is 5.56 Å². The average molecular weight is 211 g/mol. The molecule has 4 nitrogen and oxygen atoms in total. The third kappa shape index (κ3) is 1.59. The number of aromatic nitrogens is 2. The Bertz CT molecular complexity index is 442. The lowest BCUT2D eigenvalue weighted by Crippen LogP contribution is -2.18. The van der Waals surface area contributed by atoms with Crippen molar-refractivity contribution in [1.82, 2.24) is 9.55 Å². The summed E-state index contributed by atoms with van der Waals surface area (Å²) in [5.41, 5.74) is 5.56. The number of aromatic amines is 1. The second-order valence-electron chi connectivity index (χ2n) is 3.67. The Hall–Kier alpha value is -1.10. The van der Waals surface area contributed by atoms with Crippen LogP contribution in [0, 0.1) is 4.77 Å². The fourth-order valence-electron chi connectivity index (χ4n) is 2.06. The van der Waals surface area contributed by atoms with Crippen LogP contribution in [-0.2, 0) is 0 Å². The van der Waals surface area contributed by atoms with Crippen molar-refractivity contribution in [3.05, 3.63) is 21.2 Å². The van der Waals surface area contributed by atoms with Crippen LogP contribution in [0.2, 0.25) is 0 Å². The Morgan fingerprint density at radius 3 is 2.71 bits per heavy atom. The Morgan fingerprint density at radius 1 is 1.50 bits per heavy atom. The van der Waals surface area contributed by atoms with Gasteiger partial charge in [0.2, 0.25) is 0 Å². The predicted octanol–water partition coefficient (Wildman–Crippen LogP) is 1.60. The highest BCUT2D eigenvalue weighted by molar-refractivity contribution is 7.71. The van der Waals surface area contributed by atoms with E-state index >= 15 is 0 Å². The monoisotopic (exact) mass is 211 g/mol. The van der Waals surface area contributed by atoms with Crippen LogP contribution in [0.15, 0.2) is 10.9 Å². The minimum atomic E-state index is -0.221. The molecule has 0 amide bonds. The first-order valence-corrected chi connectivity index (χ1v) is 5.20. The van der Waals surface area contributed by atoms with E-state index in [0.717, 1.165) is 12.8 Å². The van der Waals surface area contributed by atoms with Crippen LogP contribution in [-0.4, -0.2) is 9.55 Å². The molecule has 0 aliphatic heterocycles. The normalized spacial score (nSPS) is 17.4. The molecule has 2 rings (SSSR count). The number of nitrogens with one attached hydrogen (secondary N) is 1. The molecule has 0 aromatic carbocycles. The van der Waals surface area contributed by atoms with Gasteiger partial charge in [-0.3, -0.25) is 9.78 Å². The number of hydrogen-bond acceptors (Lipinski definition) is 3. The molecule has 1 aromatic heterocycles. The lowest BCUT2D eigenvalue weighted by Gasteiger charge is -2.16. The summed E-state index contributed by atoms with van der Waals surface area (Å²) >= 11 is 5.09. The van der Waals surface area contributed by atoms with E-state index in [1.54, 1.807) is 0 Å². The second kappa shape index (κ2) is 3.57. The minimum Gasteiger partial charge on any atom is -0.385 e. The molecule has 76 valence electrons. The van der Waals surface area contributed by atoms with Gasteiger partial charge in [0, 0.05) is 12.1 Å². The second-order valence-corrected chi connectivity index (χ2v) is 4.06. The largest absolute Gasteiger partial charge is 0.385 e. The van der Waals surface area contributed by atoms with Crippen molar-refractivity contribution in [3.63, 3.8) is 0 Å². The first-order chi connectivity index (χ1) is 6.68. The summed E-state index contributed by atoms with van der Waals surface area (Å²) in [6.07, 6.45) is 4.63. The number of hydrogen-bond donors (Lipinski definition) is 2. The highest BCUT2D eigenvalue weighted by atomic mass is 32.1. The van der Waals surface area contributed by atoms with Gasteiger partial charge in [-0.05, 0) is 25.1 Å². The molecular formula is C9H13N3OS. The van der Waals surface area contributed by atoms with E-state index in [0.29, 0.717) is 16.6 Å². The van der Waals surface area contributed by atoms with Crippen LogP contribution in [0.25, 0.3) is 0 Å². The lowest BCUT2D eigenvalue weighted by atomic mass is 10.2. The number of H-pyrrole nitrogens is 1. The van der Waals surface area contributed by atoms with Crippen molar-refractivity contribution in [2.45, 2.75) is 31.7 Å². The van der Waals surface area contributed by atoms with Gasteiger partial charge in [-0.1, -0.05) is 12.8 Å². The van der Waals surface area contributed by atoms with Crippen molar-refractivity contribution < 1.29 is 0 Å². The van der Waals surface area contributed by atoms with E-state index in [1.807, 2.05) is 4.57 Å². The lowest BCUT2D eigenvalue weighted by molar-refractivity contribution is 0.508. The van der Waals surface area contributed by atoms with Crippen LogP contribution in [0.3, 0.4) is 0 Å². The average Bonchev–Trinajstić information content (AvgIpc) is 2.54. The molecule has 1 aliphatic rings. The highest BCUT2D eigenvalue weighted by Gasteiger charge is 2.18. The Labute approximate surface area is 86.8 Å². The number of nitrogens with zero attached hydrogens (tertiary/aromatic N) is 1. The molecule has 1 aliphatic carbocycles. The first-order valence-electron chi connectivity index (χ1n) is 4.80. The molecule has 0 bridgehead atoms. The number of anilines is 1. The van der Waals surface area contributed by atoms with Gasteiger partial charge in [-0.15, -0.1) is 0 Å². The molecule has 0 atom stereocenters. The van der Waals surface area contributed by atoms with Crippen LogP contribution in [0.5, 0.6) is 0 Å². The van der Waals surface area contributed by atoms with Gasteiger partial charge < -0.3 is 10.3 Å². The van der Waals surface area contributed by atoms with Crippen LogP contribution in [0.1, 0.15) is 31.7 Å². The van der Waals surface area contributed by atoms with Gasteiger partial charge >= 0.3 is 0 Å². The molecule has 1 fully saturated rings. The van der Waals surface area contributed by atoms with Crippen LogP contribution >= 0.6 is 12.2 Å². The van der Waals surface area contributed by atoms with Crippen molar-refractivity contribution in [2.75, 3.05) is 5.73 Å². The van der Waals surface area contributed by atoms with Gasteiger partial charge in [0.05, 0.1) is 0 Å². The standard InChI is InChI=1S/C9H13N3OS/c10-7-5-8(13)11-9(14)12(7)6-3-1-2-4-6/h5-6H,1-4,10H2,(H,11,13,14).